The van der Waals surface area contributed by atoms with E-state index < -0.39 is 0 Å². The maximum absolute atomic E-state index is 12.5. The number of nitrogens with zero attached hydrogens (tertiary/aromatic N) is 2. The molecule has 7 heteroatoms. The molecule has 2 N–H and O–H groups in total. The van der Waals surface area contributed by atoms with Crippen LogP contribution in [0.15, 0.2) is 40.8 Å². The van der Waals surface area contributed by atoms with Gasteiger partial charge < -0.3 is 24.7 Å². The van der Waals surface area contributed by atoms with Crippen molar-refractivity contribution in [2.45, 2.75) is 26.8 Å². The molecule has 0 aliphatic carbocycles. The lowest BCUT2D eigenvalue weighted by molar-refractivity contribution is 0.122. The molecule has 1 atom stereocenters. The van der Waals surface area contributed by atoms with Crippen molar-refractivity contribution >= 4 is 28.5 Å². The van der Waals surface area contributed by atoms with E-state index in [1.807, 2.05) is 57.2 Å². The number of rotatable bonds is 4. The van der Waals surface area contributed by atoms with Crippen LogP contribution in [0.25, 0.3) is 11.0 Å². The average molecular weight is 394 g/mol. The van der Waals surface area contributed by atoms with E-state index in [4.69, 9.17) is 9.15 Å². The number of hydrogen-bond donors (Lipinski definition) is 2. The van der Waals surface area contributed by atoms with E-state index in [-0.39, 0.29) is 12.1 Å². The number of fused-ring (bicyclic) bond motifs is 1. The Kier molecular flexibility index (Phi) is 5.40. The van der Waals surface area contributed by atoms with Crippen LogP contribution in [0.3, 0.4) is 0 Å². The maximum Gasteiger partial charge on any atom is 0.319 e. The van der Waals surface area contributed by atoms with Crippen molar-refractivity contribution in [2.75, 3.05) is 36.5 Å². The lowest BCUT2D eigenvalue weighted by atomic mass is 10.1. The molecule has 1 aliphatic rings. The zero-order valence-electron chi connectivity index (χ0n) is 17.0. The number of anilines is 2. The highest BCUT2D eigenvalue weighted by Gasteiger charge is 2.19. The summed E-state index contributed by atoms with van der Waals surface area (Å²) in [6.07, 6.45) is 0. The molecular formula is C22H26N4O3. The third kappa shape index (κ3) is 4.05. The Hall–Kier alpha value is -3.06. The Morgan fingerprint density at radius 3 is 2.62 bits per heavy atom. The molecule has 0 unspecified atom stereocenters. The molecule has 1 aromatic carbocycles. The maximum atomic E-state index is 12.5. The number of para-hydroxylation sites is 1. The summed E-state index contributed by atoms with van der Waals surface area (Å²) in [5.41, 5.74) is 3.33. The number of pyridine rings is 1. The number of nitrogens with one attached hydrogen (secondary N) is 2. The van der Waals surface area contributed by atoms with Crippen LogP contribution in [-0.4, -0.2) is 37.3 Å². The van der Waals surface area contributed by atoms with Gasteiger partial charge in [0.2, 0.25) is 0 Å². The SMILES string of the molecule is Cc1nc(N2CCOCC2)ccc1NC(=O)N[C@H](C)c1oc2ccccc2c1C. The minimum atomic E-state index is -0.290. The number of benzene rings is 1. The lowest BCUT2D eigenvalue weighted by Gasteiger charge is -2.28. The van der Waals surface area contributed by atoms with Gasteiger partial charge in [-0.25, -0.2) is 9.78 Å². The average Bonchev–Trinajstić information content (AvgIpc) is 3.07. The number of morpholine rings is 1. The first-order valence-corrected chi connectivity index (χ1v) is 9.89. The van der Waals surface area contributed by atoms with Gasteiger partial charge in [0.15, 0.2) is 0 Å². The monoisotopic (exact) mass is 394 g/mol. The summed E-state index contributed by atoms with van der Waals surface area (Å²) in [6, 6.07) is 11.2. The minimum absolute atomic E-state index is 0.261. The van der Waals surface area contributed by atoms with Gasteiger partial charge >= 0.3 is 6.03 Å². The topological polar surface area (TPSA) is 79.6 Å². The van der Waals surface area contributed by atoms with Gasteiger partial charge in [-0.2, -0.15) is 0 Å². The molecule has 1 aliphatic heterocycles. The number of aryl methyl sites for hydroxylation is 2. The van der Waals surface area contributed by atoms with E-state index in [9.17, 15) is 4.79 Å². The van der Waals surface area contributed by atoms with Crippen molar-refractivity contribution in [2.24, 2.45) is 0 Å². The second-order valence-corrected chi connectivity index (χ2v) is 7.31. The molecule has 4 rings (SSSR count). The molecule has 7 nitrogen and oxygen atoms in total. The minimum Gasteiger partial charge on any atom is -0.459 e. The Labute approximate surface area is 170 Å². The van der Waals surface area contributed by atoms with Crippen LogP contribution < -0.4 is 15.5 Å². The van der Waals surface area contributed by atoms with E-state index in [0.717, 1.165) is 46.9 Å². The van der Waals surface area contributed by atoms with Crippen LogP contribution in [0.5, 0.6) is 0 Å². The summed E-state index contributed by atoms with van der Waals surface area (Å²) in [7, 11) is 0. The van der Waals surface area contributed by atoms with Crippen LogP contribution in [0.1, 0.15) is 30.0 Å². The Morgan fingerprint density at radius 2 is 1.90 bits per heavy atom. The van der Waals surface area contributed by atoms with Crippen molar-refractivity contribution in [3.05, 3.63) is 53.4 Å². The summed E-state index contributed by atoms with van der Waals surface area (Å²) < 4.78 is 11.3. The normalized spacial score (nSPS) is 15.3. The highest BCUT2D eigenvalue weighted by molar-refractivity contribution is 5.90. The number of carbonyl (C=O) groups is 1. The standard InChI is InChI=1S/C22H26N4O3/c1-14-17-6-4-5-7-19(17)29-21(14)16(3)24-22(27)25-18-8-9-20(23-15(18)2)26-10-12-28-13-11-26/h4-9,16H,10-13H2,1-3H3,(H2,24,25,27)/t16-/m1/s1. The lowest BCUT2D eigenvalue weighted by Crippen LogP contribution is -2.37. The summed E-state index contributed by atoms with van der Waals surface area (Å²) in [5.74, 6) is 1.67. The molecule has 3 heterocycles. The molecule has 1 fully saturated rings. The molecule has 2 aromatic heterocycles. The predicted octanol–water partition coefficient (Wildman–Crippen LogP) is 4.16. The van der Waals surface area contributed by atoms with Gasteiger partial charge in [0.05, 0.1) is 30.6 Å². The van der Waals surface area contributed by atoms with Crippen molar-refractivity contribution in [1.29, 1.82) is 0 Å². The molecule has 3 aromatic rings. The Morgan fingerprint density at radius 1 is 1.14 bits per heavy atom. The second kappa shape index (κ2) is 8.13. The Balaban J connectivity index is 1.43. The summed E-state index contributed by atoms with van der Waals surface area (Å²) >= 11 is 0. The molecule has 0 saturated carbocycles. The first-order chi connectivity index (χ1) is 14.0. The van der Waals surface area contributed by atoms with E-state index in [1.54, 1.807) is 0 Å². The number of ether oxygens (including phenoxy) is 1. The molecule has 152 valence electrons. The molecule has 0 bridgehead atoms. The smallest absolute Gasteiger partial charge is 0.319 e. The predicted molar refractivity (Wildman–Crippen MR) is 114 cm³/mol. The summed E-state index contributed by atoms with van der Waals surface area (Å²) in [4.78, 5) is 19.4. The van der Waals surface area contributed by atoms with Gasteiger partial charge in [0.1, 0.15) is 17.2 Å². The van der Waals surface area contributed by atoms with Gasteiger partial charge in [-0.05, 0) is 39.0 Å². The van der Waals surface area contributed by atoms with Gasteiger partial charge in [-0.3, -0.25) is 0 Å². The van der Waals surface area contributed by atoms with E-state index in [2.05, 4.69) is 20.5 Å². The number of carbonyl (C=O) groups excluding carboxylic acids is 1. The number of hydrogen-bond acceptors (Lipinski definition) is 5. The second-order valence-electron chi connectivity index (χ2n) is 7.31. The van der Waals surface area contributed by atoms with Crippen molar-refractivity contribution in [3.8, 4) is 0 Å². The number of aromatic nitrogens is 1. The van der Waals surface area contributed by atoms with Gasteiger partial charge in [0.25, 0.3) is 0 Å². The largest absolute Gasteiger partial charge is 0.459 e. The molecule has 1 saturated heterocycles. The van der Waals surface area contributed by atoms with Gasteiger partial charge in [-0.15, -0.1) is 0 Å². The Bertz CT molecular complexity index is 1020. The number of furan rings is 1. The summed E-state index contributed by atoms with van der Waals surface area (Å²) in [5, 5.41) is 6.92. The van der Waals surface area contributed by atoms with Gasteiger partial charge in [0, 0.05) is 24.0 Å². The van der Waals surface area contributed by atoms with Crippen molar-refractivity contribution in [3.63, 3.8) is 0 Å². The van der Waals surface area contributed by atoms with Crippen molar-refractivity contribution < 1.29 is 13.9 Å². The van der Waals surface area contributed by atoms with Crippen molar-refractivity contribution in [1.82, 2.24) is 10.3 Å². The van der Waals surface area contributed by atoms with E-state index in [0.29, 0.717) is 18.9 Å². The highest BCUT2D eigenvalue weighted by atomic mass is 16.5. The van der Waals surface area contributed by atoms with Crippen LogP contribution in [0, 0.1) is 13.8 Å². The summed E-state index contributed by atoms with van der Waals surface area (Å²) in [6.45, 7) is 8.89. The highest BCUT2D eigenvalue weighted by Crippen LogP contribution is 2.29. The van der Waals surface area contributed by atoms with Crippen LogP contribution >= 0.6 is 0 Å². The fourth-order valence-electron chi connectivity index (χ4n) is 3.68. The van der Waals surface area contributed by atoms with Crippen LogP contribution in [0.2, 0.25) is 0 Å². The molecule has 0 radical (unpaired) electrons. The molecular weight excluding hydrogens is 368 g/mol. The zero-order valence-corrected chi connectivity index (χ0v) is 17.0. The van der Waals surface area contributed by atoms with Crippen LogP contribution in [0.4, 0.5) is 16.3 Å². The van der Waals surface area contributed by atoms with Gasteiger partial charge in [-0.1, -0.05) is 18.2 Å². The fraction of sp³-hybridized carbons (Fsp3) is 0.364. The zero-order chi connectivity index (χ0) is 20.4. The fourth-order valence-corrected chi connectivity index (χ4v) is 3.68. The third-order valence-electron chi connectivity index (χ3n) is 5.28. The van der Waals surface area contributed by atoms with Crippen LogP contribution in [-0.2, 0) is 4.74 Å². The van der Waals surface area contributed by atoms with E-state index in [1.165, 1.54) is 0 Å². The number of amides is 2. The third-order valence-corrected chi connectivity index (χ3v) is 5.28. The first-order valence-electron chi connectivity index (χ1n) is 9.89. The quantitative estimate of drug-likeness (QED) is 0.694. The molecule has 0 spiro atoms. The first kappa shape index (κ1) is 19.3. The molecule has 2 amide bonds. The molecule has 29 heavy (non-hydrogen) atoms. The number of urea groups is 1. The van der Waals surface area contributed by atoms with E-state index >= 15 is 0 Å².